The molecule has 31 heavy (non-hydrogen) atoms. The van der Waals surface area contributed by atoms with Gasteiger partial charge in [0, 0.05) is 12.3 Å². The molecule has 0 amide bonds. The fraction of sp³-hybridized carbons (Fsp3) is 0.522. The van der Waals surface area contributed by atoms with Crippen LogP contribution in [0.3, 0.4) is 0 Å². The van der Waals surface area contributed by atoms with Crippen LogP contribution in [0.25, 0.3) is 0 Å². The molecule has 3 rings (SSSR count). The number of fused-ring (bicyclic) bond motifs is 1. The molecule has 0 N–H and O–H groups in total. The van der Waals surface area contributed by atoms with Crippen LogP contribution in [0.15, 0.2) is 54.6 Å². The van der Waals surface area contributed by atoms with Crippen molar-refractivity contribution in [2.45, 2.75) is 44.1 Å². The van der Waals surface area contributed by atoms with Crippen molar-refractivity contribution in [2.75, 3.05) is 13.2 Å². The van der Waals surface area contributed by atoms with Gasteiger partial charge in [-0.05, 0) is 77.8 Å². The highest BCUT2D eigenvalue weighted by atomic mass is 127. The highest BCUT2D eigenvalue weighted by Crippen LogP contribution is 2.46. The first-order valence-corrected chi connectivity index (χ1v) is 14.6. The molecule has 8 heteroatoms. The van der Waals surface area contributed by atoms with Gasteiger partial charge in [0.15, 0.2) is 6.61 Å². The van der Waals surface area contributed by atoms with E-state index in [0.717, 1.165) is 25.3 Å². The normalized spacial score (nSPS) is 28.9. The number of alkyl halides is 2. The van der Waals surface area contributed by atoms with Crippen molar-refractivity contribution < 1.29 is 27.6 Å². The summed E-state index contributed by atoms with van der Waals surface area (Å²) in [5.41, 5.74) is 0. The molecular formula is C23H28F2IO4P. The number of para-hydroxylation sites is 1. The van der Waals surface area contributed by atoms with Crippen molar-refractivity contribution in [1.29, 1.82) is 0 Å². The summed E-state index contributed by atoms with van der Waals surface area (Å²) in [6.45, 7) is -0.159. The molecular weight excluding hydrogens is 536 g/mol. The Labute approximate surface area is 197 Å². The van der Waals surface area contributed by atoms with E-state index in [0.29, 0.717) is 25.2 Å². The summed E-state index contributed by atoms with van der Waals surface area (Å²) < 4.78 is 45.7. The Morgan fingerprint density at radius 1 is 1.26 bits per heavy atom. The van der Waals surface area contributed by atoms with Gasteiger partial charge in [-0.3, -0.25) is 4.79 Å². The Morgan fingerprint density at radius 3 is 2.84 bits per heavy atom. The molecule has 0 saturated heterocycles. The van der Waals surface area contributed by atoms with Crippen LogP contribution < -0.4 is 4.74 Å². The third-order valence-electron chi connectivity index (χ3n) is 5.78. The summed E-state index contributed by atoms with van der Waals surface area (Å²) >= 11 is 2.16. The quantitative estimate of drug-likeness (QED) is 0.164. The maximum atomic E-state index is 14.5. The maximum Gasteiger partial charge on any atom is 0.305 e. The van der Waals surface area contributed by atoms with Gasteiger partial charge < -0.3 is 14.0 Å². The molecule has 0 aromatic heterocycles. The minimum atomic E-state index is -3.10. The number of halogens is 3. The molecule has 5 atom stereocenters. The summed E-state index contributed by atoms with van der Waals surface area (Å²) in [6, 6.07) is 8.61. The average molecular weight is 564 g/mol. The lowest BCUT2D eigenvalue weighted by Crippen LogP contribution is -2.25. The lowest BCUT2D eigenvalue weighted by Gasteiger charge is -2.24. The number of allylic oxidation sites excluding steroid dienone is 2. The Kier molecular flexibility index (Phi) is 9.72. The topological polar surface area (TPSA) is 44.8 Å². The minimum absolute atomic E-state index is 0.0852. The standard InChI is InChI=1S/C23H28F2IO4P/c24-23(25,16-29-18-8-4-3-5-9-18)13-12-20-19-10-6-1-2-7-11-22(27)28-15-17(19)14-21(20)30-31-26/h1,3-6,8-9,12-13,17,19-21,31H,2,7,10-11,14-16H2/b6-1-,13-12+/t17-,19+,20-,21-/m1/s1. The van der Waals surface area contributed by atoms with Crippen LogP contribution in [0, 0.1) is 17.8 Å². The molecule has 170 valence electrons. The van der Waals surface area contributed by atoms with E-state index in [1.165, 1.54) is 0 Å². The number of hydrogen-bond donors (Lipinski definition) is 0. The monoisotopic (exact) mass is 564 g/mol. The zero-order valence-electron chi connectivity index (χ0n) is 17.2. The molecule has 1 aromatic carbocycles. The van der Waals surface area contributed by atoms with Gasteiger partial charge >= 0.3 is 5.97 Å². The largest absolute Gasteiger partial charge is 0.487 e. The molecule has 1 aromatic rings. The van der Waals surface area contributed by atoms with Gasteiger partial charge in [0.05, 0.1) is 19.2 Å². The number of carbonyl (C=O) groups is 1. The molecule has 1 fully saturated rings. The molecule has 0 spiro atoms. The number of esters is 1. The number of cyclic esters (lactones) is 1. The second kappa shape index (κ2) is 12.3. The van der Waals surface area contributed by atoms with Crippen LogP contribution in [0.2, 0.25) is 0 Å². The second-order valence-electron chi connectivity index (χ2n) is 7.97. The molecule has 1 unspecified atom stereocenters. The van der Waals surface area contributed by atoms with Crippen molar-refractivity contribution in [3.8, 4) is 5.75 Å². The van der Waals surface area contributed by atoms with Gasteiger partial charge in [0.25, 0.3) is 5.92 Å². The molecule has 4 nitrogen and oxygen atoms in total. The van der Waals surface area contributed by atoms with Crippen LogP contribution in [0.4, 0.5) is 8.78 Å². The van der Waals surface area contributed by atoms with Gasteiger partial charge in [-0.15, -0.1) is 0 Å². The third kappa shape index (κ3) is 7.79. The van der Waals surface area contributed by atoms with Gasteiger partial charge in [0.1, 0.15) is 5.75 Å². The molecule has 1 aliphatic carbocycles. The Morgan fingerprint density at radius 2 is 2.06 bits per heavy atom. The Bertz CT molecular complexity index is 759. The van der Waals surface area contributed by atoms with E-state index < -0.39 is 12.5 Å². The lowest BCUT2D eigenvalue weighted by atomic mass is 9.85. The number of carbonyl (C=O) groups excluding carboxylic acids is 1. The van der Waals surface area contributed by atoms with Crippen molar-refractivity contribution in [3.63, 3.8) is 0 Å². The van der Waals surface area contributed by atoms with Crippen molar-refractivity contribution in [1.82, 2.24) is 0 Å². The molecule has 0 radical (unpaired) electrons. The maximum absolute atomic E-state index is 14.5. The second-order valence-corrected chi connectivity index (χ2v) is 9.69. The first kappa shape index (κ1) is 24.6. The Hall–Kier alpha value is -1.05. The van der Waals surface area contributed by atoms with Crippen LogP contribution >= 0.6 is 28.5 Å². The lowest BCUT2D eigenvalue weighted by molar-refractivity contribution is -0.145. The van der Waals surface area contributed by atoms with E-state index in [-0.39, 0.29) is 36.3 Å². The van der Waals surface area contributed by atoms with Gasteiger partial charge in [-0.1, -0.05) is 36.4 Å². The number of benzene rings is 1. The van der Waals surface area contributed by atoms with E-state index in [1.807, 2.05) is 6.07 Å². The Balaban J connectivity index is 1.71. The van der Waals surface area contributed by atoms with E-state index in [2.05, 4.69) is 34.2 Å². The van der Waals surface area contributed by atoms with Gasteiger partial charge in [-0.25, -0.2) is 0 Å². The molecule has 1 heterocycles. The van der Waals surface area contributed by atoms with Gasteiger partial charge in [0.2, 0.25) is 0 Å². The van der Waals surface area contributed by atoms with Crippen LogP contribution in [0.1, 0.15) is 32.1 Å². The highest BCUT2D eigenvalue weighted by molar-refractivity contribution is 14.2. The first-order valence-electron chi connectivity index (χ1n) is 10.6. The molecule has 1 saturated carbocycles. The first-order chi connectivity index (χ1) is 15.0. The fourth-order valence-electron chi connectivity index (χ4n) is 4.22. The SMILES string of the molecule is O=C1CCC/C=C\C[C@H]2[C@@H](CO1)C[C@@H](OPI)[C@@H]2/C=C/C(F)(F)COc1ccccc1. The highest BCUT2D eigenvalue weighted by Gasteiger charge is 2.43. The predicted molar refractivity (Wildman–Crippen MR) is 127 cm³/mol. The zero-order chi connectivity index (χ0) is 22.1. The number of ether oxygens (including phenoxy) is 2. The minimum Gasteiger partial charge on any atom is -0.487 e. The zero-order valence-corrected chi connectivity index (χ0v) is 20.4. The fourth-order valence-corrected chi connectivity index (χ4v) is 5.56. The summed E-state index contributed by atoms with van der Waals surface area (Å²) in [5.74, 6) is -2.86. The molecule has 2 aliphatic rings. The van der Waals surface area contributed by atoms with Gasteiger partial charge in [-0.2, -0.15) is 8.78 Å². The van der Waals surface area contributed by atoms with Crippen LogP contribution in [0.5, 0.6) is 5.75 Å². The third-order valence-corrected chi connectivity index (χ3v) is 6.94. The predicted octanol–water partition coefficient (Wildman–Crippen LogP) is 6.51. The smallest absolute Gasteiger partial charge is 0.305 e. The number of hydrogen-bond acceptors (Lipinski definition) is 4. The average Bonchev–Trinajstić information content (AvgIpc) is 3.07. The molecule has 1 aliphatic heterocycles. The molecule has 0 bridgehead atoms. The summed E-state index contributed by atoms with van der Waals surface area (Å²) in [6.07, 6.45) is 10.0. The summed E-state index contributed by atoms with van der Waals surface area (Å²) in [4.78, 5) is 11.9. The van der Waals surface area contributed by atoms with E-state index >= 15 is 0 Å². The summed E-state index contributed by atoms with van der Waals surface area (Å²) in [5, 5.41) is 0. The van der Waals surface area contributed by atoms with E-state index in [1.54, 1.807) is 30.3 Å². The van der Waals surface area contributed by atoms with E-state index in [9.17, 15) is 13.6 Å². The summed E-state index contributed by atoms with van der Waals surface area (Å²) in [7, 11) is 0. The van der Waals surface area contributed by atoms with E-state index in [4.69, 9.17) is 14.0 Å². The van der Waals surface area contributed by atoms with Crippen molar-refractivity contribution >= 4 is 34.5 Å². The van der Waals surface area contributed by atoms with Crippen molar-refractivity contribution in [2.24, 2.45) is 17.8 Å². The van der Waals surface area contributed by atoms with Crippen LogP contribution in [-0.2, 0) is 14.1 Å². The van der Waals surface area contributed by atoms with Crippen LogP contribution in [-0.4, -0.2) is 31.2 Å². The number of rotatable bonds is 7. The van der Waals surface area contributed by atoms with Crippen molar-refractivity contribution in [3.05, 3.63) is 54.6 Å².